The highest BCUT2D eigenvalue weighted by Crippen LogP contribution is 2.44. The van der Waals surface area contributed by atoms with Gasteiger partial charge >= 0.3 is 0 Å². The van der Waals surface area contributed by atoms with Crippen LogP contribution in [-0.4, -0.2) is 15.2 Å². The molecule has 0 nitrogen and oxygen atoms in total. The summed E-state index contributed by atoms with van der Waals surface area (Å²) in [5.74, 6) is 1.20. The molecule has 0 unspecified atom stereocenters. The molecule has 1 aliphatic carbocycles. The van der Waals surface area contributed by atoms with Gasteiger partial charge in [-0.05, 0) is 54.3 Å². The second-order valence-electron chi connectivity index (χ2n) is 8.27. The largest absolute Gasteiger partial charge is 0.238 e. The second kappa shape index (κ2) is 9.25. The van der Waals surface area contributed by atoms with Gasteiger partial charge in [-0.25, -0.2) is 13.2 Å². The predicted molar refractivity (Wildman–Crippen MR) is 101 cm³/mol. The molecule has 0 spiro atoms. The van der Waals surface area contributed by atoms with Crippen molar-refractivity contribution in [3.8, 4) is 0 Å². The second-order valence-corrected chi connectivity index (χ2v) is 11.9. The Bertz CT molecular complexity index is 500. The van der Waals surface area contributed by atoms with Crippen LogP contribution >= 0.6 is 0 Å². The molecule has 25 heavy (non-hydrogen) atoms. The molecule has 4 heteroatoms. The Kier molecular flexibility index (Phi) is 7.03. The van der Waals surface area contributed by atoms with Gasteiger partial charge in [-0.2, -0.15) is 0 Å². The highest BCUT2D eigenvalue weighted by atomic mass is 28.3. The summed E-state index contributed by atoms with van der Waals surface area (Å²) in [5, 5.41) is 0. The number of hydrogen-bond donors (Lipinski definition) is 0. The van der Waals surface area contributed by atoms with Crippen LogP contribution in [-0.2, 0) is 0 Å². The monoisotopic (exact) mass is 368 g/mol. The zero-order valence-corrected chi connectivity index (χ0v) is 16.3. The molecular formula is C21H31F3Si. The van der Waals surface area contributed by atoms with E-state index < -0.39 is 15.2 Å². The molecule has 0 atom stereocenters. The molecule has 1 heterocycles. The molecule has 0 N–H and O–H groups in total. The van der Waals surface area contributed by atoms with Crippen LogP contribution in [0.15, 0.2) is 24.3 Å². The van der Waals surface area contributed by atoms with Gasteiger partial charge in [0.2, 0.25) is 6.43 Å². The first kappa shape index (κ1) is 19.0. The van der Waals surface area contributed by atoms with Gasteiger partial charge in [0.1, 0.15) is 5.82 Å². The van der Waals surface area contributed by atoms with E-state index in [1.54, 1.807) is 12.1 Å². The Morgan fingerprint density at radius 2 is 1.56 bits per heavy atom. The molecule has 1 aromatic rings. The van der Waals surface area contributed by atoms with Crippen molar-refractivity contribution in [3.05, 3.63) is 35.6 Å². The Balaban J connectivity index is 1.38. The van der Waals surface area contributed by atoms with Gasteiger partial charge in [-0.15, -0.1) is 0 Å². The van der Waals surface area contributed by atoms with E-state index in [2.05, 4.69) is 0 Å². The lowest BCUT2D eigenvalue weighted by atomic mass is 9.85. The Morgan fingerprint density at radius 1 is 0.920 bits per heavy atom. The third-order valence-electron chi connectivity index (χ3n) is 6.71. The minimum absolute atomic E-state index is 0.0854. The summed E-state index contributed by atoms with van der Waals surface area (Å²) < 4.78 is 37.6. The third kappa shape index (κ3) is 5.60. The van der Waals surface area contributed by atoms with Crippen LogP contribution < -0.4 is 0 Å². The van der Waals surface area contributed by atoms with Crippen molar-refractivity contribution < 1.29 is 13.2 Å². The fourth-order valence-electron chi connectivity index (χ4n) is 5.17. The van der Waals surface area contributed by atoms with Crippen molar-refractivity contribution in [1.29, 1.82) is 0 Å². The van der Waals surface area contributed by atoms with Crippen molar-refractivity contribution in [2.24, 2.45) is 5.92 Å². The summed E-state index contributed by atoms with van der Waals surface area (Å²) in [6.07, 6.45) is 7.52. The summed E-state index contributed by atoms with van der Waals surface area (Å²) in [7, 11) is -0.644. The lowest BCUT2D eigenvalue weighted by Crippen LogP contribution is -2.29. The van der Waals surface area contributed by atoms with Crippen LogP contribution in [0.5, 0.6) is 0 Å². The van der Waals surface area contributed by atoms with E-state index in [0.29, 0.717) is 18.3 Å². The van der Waals surface area contributed by atoms with Crippen LogP contribution in [0.4, 0.5) is 13.2 Å². The normalized spacial score (nSPS) is 30.6. The van der Waals surface area contributed by atoms with Crippen LogP contribution in [0.3, 0.4) is 0 Å². The van der Waals surface area contributed by atoms with Crippen molar-refractivity contribution in [3.63, 3.8) is 0 Å². The highest BCUT2D eigenvalue weighted by Gasteiger charge is 2.32. The van der Waals surface area contributed by atoms with Gasteiger partial charge in [0.25, 0.3) is 0 Å². The summed E-state index contributed by atoms with van der Waals surface area (Å²) in [4.78, 5) is 0. The van der Waals surface area contributed by atoms with E-state index in [1.165, 1.54) is 56.2 Å². The Hall–Kier alpha value is -0.773. The van der Waals surface area contributed by atoms with Crippen LogP contribution in [0.1, 0.15) is 69.3 Å². The van der Waals surface area contributed by atoms with E-state index in [4.69, 9.17) is 0 Å². The van der Waals surface area contributed by atoms with Crippen molar-refractivity contribution >= 4 is 8.80 Å². The van der Waals surface area contributed by atoms with Gasteiger partial charge in [0.15, 0.2) is 0 Å². The van der Waals surface area contributed by atoms with Gasteiger partial charge < -0.3 is 0 Å². The molecule has 1 saturated heterocycles. The maximum atomic E-state index is 13.1. The molecule has 1 saturated carbocycles. The van der Waals surface area contributed by atoms with Crippen LogP contribution in [0, 0.1) is 11.7 Å². The van der Waals surface area contributed by atoms with Crippen molar-refractivity contribution in [1.82, 2.24) is 0 Å². The molecule has 0 amide bonds. The number of alkyl halides is 2. The fourth-order valence-corrected chi connectivity index (χ4v) is 9.39. The average molecular weight is 369 g/mol. The molecular weight excluding hydrogens is 337 g/mol. The first-order chi connectivity index (χ1) is 12.1. The Morgan fingerprint density at radius 3 is 2.16 bits per heavy atom. The first-order valence-corrected chi connectivity index (χ1v) is 12.5. The molecule has 1 aliphatic heterocycles. The zero-order valence-electron chi connectivity index (χ0n) is 15.1. The standard InChI is InChI=1S/C21H31F3Si/c22-19-8-6-17(7-9-19)18-12-14-25(15-13-18)20-10-4-16(5-11-20)2-1-3-21(23)24/h6-9,16,18,20-21,25H,1-5,10-15H2/t16-,18?,20-,25?. The summed E-state index contributed by atoms with van der Waals surface area (Å²) in [6.45, 7) is 0. The molecule has 0 bridgehead atoms. The first-order valence-electron chi connectivity index (χ1n) is 10.2. The minimum atomic E-state index is -2.12. The maximum Gasteiger partial charge on any atom is 0.238 e. The van der Waals surface area contributed by atoms with Crippen LogP contribution in [0.2, 0.25) is 17.6 Å². The average Bonchev–Trinajstić information content (AvgIpc) is 2.63. The van der Waals surface area contributed by atoms with E-state index in [-0.39, 0.29) is 12.2 Å². The number of hydrogen-bond acceptors (Lipinski definition) is 0. The summed E-state index contributed by atoms with van der Waals surface area (Å²) in [6, 6.07) is 9.98. The highest BCUT2D eigenvalue weighted by molar-refractivity contribution is 6.60. The zero-order chi connectivity index (χ0) is 17.6. The van der Waals surface area contributed by atoms with E-state index >= 15 is 0 Å². The summed E-state index contributed by atoms with van der Waals surface area (Å²) in [5.41, 5.74) is 2.30. The molecule has 0 aromatic heterocycles. The lowest BCUT2D eigenvalue weighted by molar-refractivity contribution is 0.130. The van der Waals surface area contributed by atoms with E-state index in [9.17, 15) is 13.2 Å². The van der Waals surface area contributed by atoms with E-state index in [0.717, 1.165) is 12.0 Å². The van der Waals surface area contributed by atoms with Gasteiger partial charge in [0.05, 0.1) is 0 Å². The minimum Gasteiger partial charge on any atom is -0.211 e. The van der Waals surface area contributed by atoms with Crippen LogP contribution in [0.25, 0.3) is 0 Å². The smallest absolute Gasteiger partial charge is 0.211 e. The van der Waals surface area contributed by atoms with Gasteiger partial charge in [0, 0.05) is 15.2 Å². The molecule has 2 fully saturated rings. The van der Waals surface area contributed by atoms with Crippen molar-refractivity contribution in [2.45, 2.75) is 87.8 Å². The molecule has 1 aromatic carbocycles. The number of benzene rings is 1. The maximum absolute atomic E-state index is 13.1. The quantitative estimate of drug-likeness (QED) is 0.478. The SMILES string of the molecule is Fc1ccc(C2CC[SiH]([C@H]3CC[C@H](CCCC(F)F)CC3)CC2)cc1. The molecule has 3 rings (SSSR count). The molecule has 0 radical (unpaired) electrons. The predicted octanol–water partition coefficient (Wildman–Crippen LogP) is 6.93. The third-order valence-corrected chi connectivity index (χ3v) is 10.9. The van der Waals surface area contributed by atoms with Gasteiger partial charge in [-0.1, -0.05) is 56.3 Å². The number of halogens is 3. The fraction of sp³-hybridized carbons (Fsp3) is 0.714. The Labute approximate surface area is 151 Å². The van der Waals surface area contributed by atoms with Gasteiger partial charge in [-0.3, -0.25) is 0 Å². The molecule has 2 aliphatic rings. The topological polar surface area (TPSA) is 0 Å². The summed E-state index contributed by atoms with van der Waals surface area (Å²) >= 11 is 0. The lowest BCUT2D eigenvalue weighted by Gasteiger charge is -2.37. The van der Waals surface area contributed by atoms with Crippen molar-refractivity contribution in [2.75, 3.05) is 0 Å². The number of rotatable bonds is 6. The molecule has 140 valence electrons. The van der Waals surface area contributed by atoms with E-state index in [1.807, 2.05) is 12.1 Å².